The Balaban J connectivity index is 0. The number of aliphatic hydroxyl groups excluding tert-OH is 1. The van der Waals surface area contributed by atoms with Crippen LogP contribution in [0.25, 0.3) is 0 Å². The monoisotopic (exact) mass is 620 g/mol. The lowest BCUT2D eigenvalue weighted by Gasteiger charge is -2.22. The summed E-state index contributed by atoms with van der Waals surface area (Å²) in [4.78, 5) is 0. The molecule has 0 aliphatic heterocycles. The summed E-state index contributed by atoms with van der Waals surface area (Å²) in [5.41, 5.74) is 8.94. The number of nitrogens with two attached hydrogens (primary N) is 1. The summed E-state index contributed by atoms with van der Waals surface area (Å²) >= 11 is 0. The molecular formula is C40H77NO3. The van der Waals surface area contributed by atoms with Gasteiger partial charge in [-0.05, 0) is 76.4 Å². The first kappa shape index (κ1) is 45.0. The van der Waals surface area contributed by atoms with Crippen LogP contribution < -0.4 is 5.73 Å². The predicted molar refractivity (Wildman–Crippen MR) is 195 cm³/mol. The molecule has 2 atom stereocenters. The van der Waals surface area contributed by atoms with Gasteiger partial charge in [0.1, 0.15) is 6.10 Å². The lowest BCUT2D eigenvalue weighted by molar-refractivity contribution is -0.192. The molecule has 0 radical (unpaired) electrons. The van der Waals surface area contributed by atoms with Gasteiger partial charge in [0.15, 0.2) is 6.29 Å². The van der Waals surface area contributed by atoms with Crippen molar-refractivity contribution in [3.63, 3.8) is 0 Å². The molecule has 0 rings (SSSR count). The van der Waals surface area contributed by atoms with E-state index in [1.807, 2.05) is 19.9 Å². The van der Waals surface area contributed by atoms with E-state index in [1.165, 1.54) is 128 Å². The molecule has 2 unspecified atom stereocenters. The van der Waals surface area contributed by atoms with Crippen molar-refractivity contribution in [1.29, 1.82) is 0 Å². The normalized spacial score (nSPS) is 12.7. The number of rotatable bonds is 33. The fourth-order valence-corrected chi connectivity index (χ4v) is 4.89. The Hall–Kier alpha value is -1.16. The molecule has 0 spiro atoms. The molecule has 3 N–H and O–H groups in total. The summed E-state index contributed by atoms with van der Waals surface area (Å²) in [6.07, 6.45) is 41.9. The molecular weight excluding hydrogens is 542 g/mol. The largest absolute Gasteiger partial charge is 0.386 e. The van der Waals surface area contributed by atoms with E-state index in [9.17, 15) is 5.11 Å². The van der Waals surface area contributed by atoms with Gasteiger partial charge in [-0.3, -0.25) is 0 Å². The van der Waals surface area contributed by atoms with Crippen LogP contribution in [0.15, 0.2) is 42.2 Å². The summed E-state index contributed by atoms with van der Waals surface area (Å²) in [5.74, 6) is 0. The molecule has 0 aromatic carbocycles. The summed E-state index contributed by atoms with van der Waals surface area (Å²) in [5, 5.41) is 10.2. The zero-order chi connectivity index (χ0) is 32.6. The molecule has 0 aliphatic rings. The van der Waals surface area contributed by atoms with Gasteiger partial charge in [0.2, 0.25) is 0 Å². The molecule has 0 fully saturated rings. The van der Waals surface area contributed by atoms with E-state index in [-0.39, 0.29) is 6.54 Å². The molecule has 0 aromatic heterocycles. The quantitative estimate of drug-likeness (QED) is 0.0252. The molecule has 0 saturated heterocycles. The van der Waals surface area contributed by atoms with Gasteiger partial charge in [0.25, 0.3) is 0 Å². The van der Waals surface area contributed by atoms with Crippen molar-refractivity contribution in [2.75, 3.05) is 19.8 Å². The van der Waals surface area contributed by atoms with Crippen molar-refractivity contribution in [1.82, 2.24) is 0 Å². The summed E-state index contributed by atoms with van der Waals surface area (Å²) in [6, 6.07) is 0. The molecule has 44 heavy (non-hydrogen) atoms. The van der Waals surface area contributed by atoms with Crippen LogP contribution in [0.4, 0.5) is 0 Å². The number of allylic oxidation sites excluding steroid dienone is 5. The van der Waals surface area contributed by atoms with Gasteiger partial charge >= 0.3 is 0 Å². The standard InChI is InChI=1S/C38H71NO3.C2H6/c1-3-5-7-9-11-13-15-17-19-21-23-25-27-29-31-33-35-42-38(37(40)36-39)41-34-32-30-28-26-24-22-20-18-16-14-12-10-8-6-4-2;1-2/h11,13,15-16,18-19,37-38,40H,3-10,12,14,20-36,39H2,1-2H3;1-2H3/b13-11-,18-16-;. The van der Waals surface area contributed by atoms with Crippen LogP contribution in [0.3, 0.4) is 0 Å². The van der Waals surface area contributed by atoms with Crippen LogP contribution in [-0.2, 0) is 9.47 Å². The number of aliphatic hydroxyl groups is 1. The topological polar surface area (TPSA) is 64.7 Å². The Bertz CT molecular complexity index is 639. The lowest BCUT2D eigenvalue weighted by Crippen LogP contribution is -2.38. The molecule has 0 amide bonds. The highest BCUT2D eigenvalue weighted by atomic mass is 16.7. The van der Waals surface area contributed by atoms with Crippen LogP contribution in [0.1, 0.15) is 182 Å². The molecule has 0 heterocycles. The molecule has 0 aliphatic carbocycles. The van der Waals surface area contributed by atoms with E-state index in [0.29, 0.717) is 13.2 Å². The van der Waals surface area contributed by atoms with Gasteiger partial charge < -0.3 is 20.3 Å². The minimum absolute atomic E-state index is 0.164. The minimum atomic E-state index is -0.756. The molecule has 260 valence electrons. The second-order valence-electron chi connectivity index (χ2n) is 11.9. The van der Waals surface area contributed by atoms with Gasteiger partial charge in [-0.2, -0.15) is 0 Å². The van der Waals surface area contributed by atoms with Crippen molar-refractivity contribution in [3.05, 3.63) is 42.2 Å². The van der Waals surface area contributed by atoms with Crippen molar-refractivity contribution in [2.24, 2.45) is 5.73 Å². The second-order valence-corrected chi connectivity index (χ2v) is 11.9. The Kier molecular flexibility index (Phi) is 42.8. The maximum absolute atomic E-state index is 10.2. The summed E-state index contributed by atoms with van der Waals surface area (Å²) < 4.78 is 11.7. The Labute approximate surface area is 276 Å². The first-order valence-electron chi connectivity index (χ1n) is 19.1. The van der Waals surface area contributed by atoms with Crippen molar-refractivity contribution in [2.45, 2.75) is 194 Å². The third-order valence-corrected chi connectivity index (χ3v) is 7.69. The van der Waals surface area contributed by atoms with Gasteiger partial charge in [-0.15, -0.1) is 5.73 Å². The van der Waals surface area contributed by atoms with Crippen LogP contribution in [0, 0.1) is 0 Å². The Morgan fingerprint density at radius 2 is 0.977 bits per heavy atom. The molecule has 4 heteroatoms. The maximum atomic E-state index is 10.2. The molecule has 0 aromatic rings. The van der Waals surface area contributed by atoms with Gasteiger partial charge in [-0.1, -0.05) is 142 Å². The SMILES string of the molecule is CC.CCCCC/C=C\C=C=CCCCCCCCCOC(OCCCCCCCC/C=C\CCCCCCC)C(O)CN. The third-order valence-electron chi connectivity index (χ3n) is 7.69. The Morgan fingerprint density at radius 3 is 1.50 bits per heavy atom. The Morgan fingerprint density at radius 1 is 0.568 bits per heavy atom. The van der Waals surface area contributed by atoms with Gasteiger partial charge in [0, 0.05) is 19.8 Å². The number of hydrogen-bond donors (Lipinski definition) is 2. The number of ether oxygens (including phenoxy) is 2. The van der Waals surface area contributed by atoms with E-state index in [0.717, 1.165) is 25.7 Å². The average Bonchev–Trinajstić information content (AvgIpc) is 3.05. The first-order chi connectivity index (χ1) is 21.8. The third kappa shape index (κ3) is 37.0. The van der Waals surface area contributed by atoms with Crippen molar-refractivity contribution in [3.8, 4) is 0 Å². The van der Waals surface area contributed by atoms with E-state index in [1.54, 1.807) is 0 Å². The molecule has 0 saturated carbocycles. The summed E-state index contributed by atoms with van der Waals surface area (Å²) in [7, 11) is 0. The van der Waals surface area contributed by atoms with Crippen molar-refractivity contribution < 1.29 is 14.6 Å². The second kappa shape index (κ2) is 41.8. The summed E-state index contributed by atoms with van der Waals surface area (Å²) in [6.45, 7) is 9.92. The zero-order valence-corrected chi connectivity index (χ0v) is 30.1. The highest BCUT2D eigenvalue weighted by Crippen LogP contribution is 2.12. The average molecular weight is 620 g/mol. The lowest BCUT2D eigenvalue weighted by atomic mass is 10.1. The minimum Gasteiger partial charge on any atom is -0.386 e. The molecule has 4 nitrogen and oxygen atoms in total. The van der Waals surface area contributed by atoms with Crippen LogP contribution in [-0.4, -0.2) is 37.3 Å². The van der Waals surface area contributed by atoms with Gasteiger partial charge in [-0.25, -0.2) is 0 Å². The van der Waals surface area contributed by atoms with E-state index in [4.69, 9.17) is 15.2 Å². The van der Waals surface area contributed by atoms with Crippen molar-refractivity contribution >= 4 is 0 Å². The highest BCUT2D eigenvalue weighted by Gasteiger charge is 2.18. The van der Waals surface area contributed by atoms with E-state index >= 15 is 0 Å². The zero-order valence-electron chi connectivity index (χ0n) is 30.1. The number of hydrogen-bond acceptors (Lipinski definition) is 4. The van der Waals surface area contributed by atoms with Crippen LogP contribution in [0.5, 0.6) is 0 Å². The van der Waals surface area contributed by atoms with E-state index < -0.39 is 12.4 Å². The predicted octanol–water partition coefficient (Wildman–Crippen LogP) is 11.9. The molecule has 0 bridgehead atoms. The first-order valence-corrected chi connectivity index (χ1v) is 19.1. The van der Waals surface area contributed by atoms with Crippen LogP contribution >= 0.6 is 0 Å². The van der Waals surface area contributed by atoms with Crippen LogP contribution in [0.2, 0.25) is 0 Å². The smallest absolute Gasteiger partial charge is 0.184 e. The maximum Gasteiger partial charge on any atom is 0.184 e. The van der Waals surface area contributed by atoms with E-state index in [2.05, 4.69) is 50.0 Å². The van der Waals surface area contributed by atoms with Gasteiger partial charge in [0.05, 0.1) is 0 Å². The number of unbranched alkanes of at least 4 members (excludes halogenated alkanes) is 20. The fourth-order valence-electron chi connectivity index (χ4n) is 4.89. The fraction of sp³-hybridized carbons (Fsp3) is 0.825. The highest BCUT2D eigenvalue weighted by molar-refractivity contribution is 5.02.